The molecule has 1 atom stereocenters. The monoisotopic (exact) mass is 132 g/mol. The van der Waals surface area contributed by atoms with E-state index in [0.717, 1.165) is 6.42 Å². The molecule has 0 rings (SSSR count). The van der Waals surface area contributed by atoms with Gasteiger partial charge in [-0.15, -0.1) is 0 Å². The Balaban J connectivity index is 3.27. The van der Waals surface area contributed by atoms with Gasteiger partial charge in [-0.2, -0.15) is 0 Å². The summed E-state index contributed by atoms with van der Waals surface area (Å²) in [5.74, 6) is 0.0347. The highest BCUT2D eigenvalue weighted by Gasteiger charge is 2.06. The van der Waals surface area contributed by atoms with Gasteiger partial charge in [-0.3, -0.25) is 5.32 Å². The molecule has 3 nitrogen and oxygen atoms in total. The second-order valence-electron chi connectivity index (χ2n) is 2.12. The first-order valence-corrected chi connectivity index (χ1v) is 3.22. The van der Waals surface area contributed by atoms with Gasteiger partial charge >= 0.3 is 5.91 Å². The molecule has 0 saturated heterocycles. The van der Waals surface area contributed by atoms with E-state index in [1.165, 1.54) is 5.32 Å². The molecule has 0 radical (unpaired) electrons. The van der Waals surface area contributed by atoms with E-state index in [-0.39, 0.29) is 5.91 Å². The van der Waals surface area contributed by atoms with Crippen molar-refractivity contribution in [3.63, 3.8) is 0 Å². The van der Waals surface area contributed by atoms with Crippen molar-refractivity contribution in [2.24, 2.45) is 0 Å². The second-order valence-corrected chi connectivity index (χ2v) is 2.12. The number of aliphatic hydroxyl groups excluding tert-OH is 1. The molecular weight excluding hydrogens is 118 g/mol. The number of hydrogen-bond donors (Lipinski definition) is 2. The lowest BCUT2D eigenvalue weighted by atomic mass is 10.3. The highest BCUT2D eigenvalue weighted by molar-refractivity contribution is 5.65. The zero-order chi connectivity index (χ0) is 7.28. The number of carbonyl (C=O) groups excluding carboxylic acids is 1. The van der Waals surface area contributed by atoms with Gasteiger partial charge in [0.15, 0.2) is 6.23 Å². The van der Waals surface area contributed by atoms with Gasteiger partial charge in [0.1, 0.15) is 0 Å². The number of quaternary nitrogens is 1. The minimum Gasteiger partial charge on any atom is -0.345 e. The number of amides is 1. The molecule has 0 aromatic rings. The summed E-state index contributed by atoms with van der Waals surface area (Å²) in [5, 5.41) is 10.0. The van der Waals surface area contributed by atoms with Crippen molar-refractivity contribution in [1.29, 1.82) is 0 Å². The Kier molecular flexibility index (Phi) is 4.26. The zero-order valence-corrected chi connectivity index (χ0v) is 5.92. The average Bonchev–Trinajstić information content (AvgIpc) is 1.63. The molecular formula is C6H14NO2+. The molecule has 0 aromatic carbocycles. The summed E-state index contributed by atoms with van der Waals surface area (Å²) >= 11 is 0. The first-order valence-electron chi connectivity index (χ1n) is 3.22. The topological polar surface area (TPSA) is 53.9 Å². The highest BCUT2D eigenvalue weighted by Crippen LogP contribution is 1.80. The smallest absolute Gasteiger partial charge is 0.312 e. The minimum atomic E-state index is -0.593. The molecule has 3 N–H and O–H groups in total. The fraction of sp³-hybridized carbons (Fsp3) is 0.833. The Morgan fingerprint density at radius 3 is 2.67 bits per heavy atom. The third kappa shape index (κ3) is 5.46. The Hall–Kier alpha value is -0.410. The van der Waals surface area contributed by atoms with Crippen LogP contribution in [0, 0.1) is 0 Å². The normalized spacial score (nSPS) is 13.2. The lowest BCUT2D eigenvalue weighted by Crippen LogP contribution is -2.92. The number of aliphatic hydroxyl groups is 1. The fourth-order valence-electron chi connectivity index (χ4n) is 0.599. The van der Waals surface area contributed by atoms with E-state index in [1.54, 1.807) is 6.92 Å². The predicted octanol–water partition coefficient (Wildman–Crippen LogP) is -0.785. The Morgan fingerprint density at radius 1 is 1.78 bits per heavy atom. The largest absolute Gasteiger partial charge is 0.345 e. The SMILES string of the molecule is CCCC(=O)[NH2+]C(C)O. The molecule has 0 fully saturated rings. The highest BCUT2D eigenvalue weighted by atomic mass is 16.3. The van der Waals surface area contributed by atoms with Gasteiger partial charge in [-0.25, -0.2) is 4.79 Å². The number of nitrogens with two attached hydrogens (primary N) is 1. The lowest BCUT2D eigenvalue weighted by Gasteiger charge is -1.98. The standard InChI is InChI=1S/C6H13NO2/c1-3-4-6(9)7-5(2)8/h5,8H,3-4H2,1-2H3,(H,7,9)/p+1. The lowest BCUT2D eigenvalue weighted by molar-refractivity contribution is -0.642. The molecule has 0 aliphatic heterocycles. The summed E-state index contributed by atoms with van der Waals surface area (Å²) in [6.07, 6.45) is 0.802. The van der Waals surface area contributed by atoms with Crippen molar-refractivity contribution in [3.05, 3.63) is 0 Å². The van der Waals surface area contributed by atoms with Crippen LogP contribution in [-0.2, 0) is 4.79 Å². The van der Waals surface area contributed by atoms with Gasteiger partial charge in [0.2, 0.25) is 0 Å². The maximum absolute atomic E-state index is 10.6. The number of carbonyl (C=O) groups is 1. The molecule has 0 spiro atoms. The molecule has 9 heavy (non-hydrogen) atoms. The van der Waals surface area contributed by atoms with E-state index in [4.69, 9.17) is 5.11 Å². The number of primary amides is 1. The first kappa shape index (κ1) is 8.59. The van der Waals surface area contributed by atoms with Crippen molar-refractivity contribution in [1.82, 2.24) is 0 Å². The summed E-state index contributed by atoms with van der Waals surface area (Å²) in [7, 11) is 0. The van der Waals surface area contributed by atoms with Crippen molar-refractivity contribution in [3.8, 4) is 0 Å². The molecule has 0 aliphatic rings. The number of hydrogen-bond acceptors (Lipinski definition) is 2. The zero-order valence-electron chi connectivity index (χ0n) is 5.92. The summed E-state index contributed by atoms with van der Waals surface area (Å²) in [4.78, 5) is 10.6. The van der Waals surface area contributed by atoms with Crippen LogP contribution in [-0.4, -0.2) is 17.2 Å². The third-order valence-electron chi connectivity index (χ3n) is 0.923. The van der Waals surface area contributed by atoms with Crippen LogP contribution in [0.25, 0.3) is 0 Å². The Labute approximate surface area is 55.1 Å². The molecule has 0 aliphatic carbocycles. The van der Waals surface area contributed by atoms with Crippen LogP contribution >= 0.6 is 0 Å². The second kappa shape index (κ2) is 4.47. The molecule has 0 bridgehead atoms. The maximum atomic E-state index is 10.6. The number of rotatable bonds is 3. The van der Waals surface area contributed by atoms with Crippen molar-refractivity contribution in [2.75, 3.05) is 0 Å². The summed E-state index contributed by atoms with van der Waals surface area (Å²) < 4.78 is 0. The van der Waals surface area contributed by atoms with E-state index >= 15 is 0 Å². The van der Waals surface area contributed by atoms with Crippen LogP contribution in [0.2, 0.25) is 0 Å². The van der Waals surface area contributed by atoms with Gasteiger partial charge in [0, 0.05) is 6.92 Å². The quantitative estimate of drug-likeness (QED) is 0.495. The molecule has 1 unspecified atom stereocenters. The van der Waals surface area contributed by atoms with Crippen molar-refractivity contribution < 1.29 is 15.2 Å². The molecule has 0 aromatic heterocycles. The van der Waals surface area contributed by atoms with E-state index in [0.29, 0.717) is 6.42 Å². The average molecular weight is 132 g/mol. The third-order valence-corrected chi connectivity index (χ3v) is 0.923. The summed E-state index contributed by atoms with van der Waals surface area (Å²) in [5.41, 5.74) is 0. The van der Waals surface area contributed by atoms with E-state index in [1.807, 2.05) is 6.92 Å². The van der Waals surface area contributed by atoms with Crippen molar-refractivity contribution >= 4 is 5.91 Å². The molecule has 0 heterocycles. The fourth-order valence-corrected chi connectivity index (χ4v) is 0.599. The maximum Gasteiger partial charge on any atom is 0.312 e. The van der Waals surface area contributed by atoms with E-state index in [2.05, 4.69) is 0 Å². The molecule has 0 saturated carbocycles. The predicted molar refractivity (Wildman–Crippen MR) is 33.5 cm³/mol. The minimum absolute atomic E-state index is 0.0347. The summed E-state index contributed by atoms with van der Waals surface area (Å²) in [6, 6.07) is 0. The van der Waals surface area contributed by atoms with Crippen LogP contribution in [0.5, 0.6) is 0 Å². The Morgan fingerprint density at radius 2 is 2.33 bits per heavy atom. The van der Waals surface area contributed by atoms with Crippen LogP contribution in [0.15, 0.2) is 0 Å². The molecule has 3 heteroatoms. The van der Waals surface area contributed by atoms with E-state index in [9.17, 15) is 4.79 Å². The van der Waals surface area contributed by atoms with Crippen LogP contribution in [0.1, 0.15) is 26.7 Å². The Bertz CT molecular complexity index is 91.1. The van der Waals surface area contributed by atoms with Gasteiger partial charge in [-0.05, 0) is 6.42 Å². The van der Waals surface area contributed by atoms with Gasteiger partial charge in [0.25, 0.3) is 0 Å². The first-order chi connectivity index (χ1) is 4.16. The van der Waals surface area contributed by atoms with Crippen molar-refractivity contribution in [2.45, 2.75) is 32.9 Å². The van der Waals surface area contributed by atoms with Gasteiger partial charge in [0.05, 0.1) is 6.42 Å². The van der Waals surface area contributed by atoms with Crippen LogP contribution in [0.3, 0.4) is 0 Å². The van der Waals surface area contributed by atoms with Crippen LogP contribution in [0.4, 0.5) is 0 Å². The van der Waals surface area contributed by atoms with Gasteiger partial charge in [-0.1, -0.05) is 6.92 Å². The molecule has 54 valence electrons. The van der Waals surface area contributed by atoms with E-state index < -0.39 is 6.23 Å². The molecule has 1 amide bonds. The van der Waals surface area contributed by atoms with Crippen LogP contribution < -0.4 is 5.32 Å². The van der Waals surface area contributed by atoms with Gasteiger partial charge < -0.3 is 5.11 Å². The summed E-state index contributed by atoms with van der Waals surface area (Å²) in [6.45, 7) is 3.52.